The van der Waals surface area contributed by atoms with Gasteiger partial charge in [-0.3, -0.25) is 9.59 Å². The Morgan fingerprint density at radius 1 is 1.27 bits per heavy atom. The van der Waals surface area contributed by atoms with Gasteiger partial charge >= 0.3 is 0 Å². The van der Waals surface area contributed by atoms with Gasteiger partial charge in [0.1, 0.15) is 5.52 Å². The van der Waals surface area contributed by atoms with Crippen molar-refractivity contribution >= 4 is 51.1 Å². The Hall–Kier alpha value is -2.37. The zero-order chi connectivity index (χ0) is 18.4. The standard InChI is InChI=1S/C19H14Cl2N2O3/c1-10-2-5-16-15(6-10)22-19(26-16)13-8-12(3-4-14(13)20)23-9-11(18(21)25)7-17(23)24/h2-6,8,11H,7,9H2,1H3. The number of benzene rings is 2. The molecule has 0 saturated carbocycles. The van der Waals surface area contributed by atoms with Crippen LogP contribution in [0.2, 0.25) is 5.02 Å². The molecule has 0 radical (unpaired) electrons. The van der Waals surface area contributed by atoms with Crippen molar-refractivity contribution in [2.75, 3.05) is 11.4 Å². The predicted molar refractivity (Wildman–Crippen MR) is 101 cm³/mol. The normalized spacial score (nSPS) is 17.3. The van der Waals surface area contributed by atoms with E-state index >= 15 is 0 Å². The first kappa shape index (κ1) is 17.1. The Labute approximate surface area is 159 Å². The number of nitrogens with zero attached hydrogens (tertiary/aromatic N) is 2. The van der Waals surface area contributed by atoms with E-state index < -0.39 is 11.2 Å². The van der Waals surface area contributed by atoms with Crippen molar-refractivity contribution in [1.29, 1.82) is 0 Å². The average Bonchev–Trinajstić information content (AvgIpc) is 3.18. The zero-order valence-corrected chi connectivity index (χ0v) is 15.3. The van der Waals surface area contributed by atoms with E-state index in [1.165, 1.54) is 4.90 Å². The molecule has 1 unspecified atom stereocenters. The van der Waals surface area contributed by atoms with Gasteiger partial charge in [-0.2, -0.15) is 0 Å². The van der Waals surface area contributed by atoms with E-state index in [9.17, 15) is 9.59 Å². The third-order valence-corrected chi connectivity index (χ3v) is 5.12. The number of carbonyl (C=O) groups excluding carboxylic acids is 2. The maximum Gasteiger partial charge on any atom is 0.228 e. The van der Waals surface area contributed by atoms with Crippen molar-refractivity contribution in [2.45, 2.75) is 13.3 Å². The topological polar surface area (TPSA) is 63.4 Å². The van der Waals surface area contributed by atoms with Gasteiger partial charge in [-0.15, -0.1) is 0 Å². The summed E-state index contributed by atoms with van der Waals surface area (Å²) in [5, 5.41) is -0.0296. The molecule has 7 heteroatoms. The van der Waals surface area contributed by atoms with Crippen LogP contribution in [0, 0.1) is 12.8 Å². The SMILES string of the molecule is Cc1ccc2oc(-c3cc(N4CC(C(=O)Cl)CC4=O)ccc3Cl)nc2c1. The molecule has 1 aliphatic rings. The van der Waals surface area contributed by atoms with Gasteiger partial charge in [0.25, 0.3) is 0 Å². The Morgan fingerprint density at radius 3 is 2.81 bits per heavy atom. The first-order valence-corrected chi connectivity index (χ1v) is 8.85. The lowest BCUT2D eigenvalue weighted by atomic mass is 10.1. The summed E-state index contributed by atoms with van der Waals surface area (Å²) in [5.74, 6) is -0.255. The quantitative estimate of drug-likeness (QED) is 0.616. The van der Waals surface area contributed by atoms with Crippen molar-refractivity contribution in [3.8, 4) is 11.5 Å². The summed E-state index contributed by atoms with van der Waals surface area (Å²) in [6.07, 6.45) is 0.114. The third kappa shape index (κ3) is 2.97. The van der Waals surface area contributed by atoms with Gasteiger partial charge in [-0.25, -0.2) is 4.98 Å². The summed E-state index contributed by atoms with van der Waals surface area (Å²) in [6, 6.07) is 10.9. The fourth-order valence-electron chi connectivity index (χ4n) is 3.11. The molecule has 5 nitrogen and oxygen atoms in total. The molecular formula is C19H14Cl2N2O3. The molecule has 0 bridgehead atoms. The molecule has 0 spiro atoms. The fourth-order valence-corrected chi connectivity index (χ4v) is 3.45. The number of anilines is 1. The Morgan fingerprint density at radius 2 is 2.08 bits per heavy atom. The summed E-state index contributed by atoms with van der Waals surface area (Å²) in [4.78, 5) is 29.7. The molecule has 1 aromatic heterocycles. The van der Waals surface area contributed by atoms with Gasteiger partial charge in [-0.1, -0.05) is 17.7 Å². The Bertz CT molecular complexity index is 1040. The van der Waals surface area contributed by atoms with Crippen molar-refractivity contribution in [1.82, 2.24) is 4.98 Å². The molecule has 1 atom stereocenters. The number of rotatable bonds is 3. The number of hydrogen-bond acceptors (Lipinski definition) is 4. The van der Waals surface area contributed by atoms with E-state index in [2.05, 4.69) is 4.98 Å². The molecule has 0 aliphatic carbocycles. The summed E-state index contributed by atoms with van der Waals surface area (Å²) < 4.78 is 5.82. The van der Waals surface area contributed by atoms with Crippen molar-refractivity contribution in [3.05, 3.63) is 47.0 Å². The van der Waals surface area contributed by atoms with Crippen LogP contribution in [0.3, 0.4) is 0 Å². The molecule has 26 heavy (non-hydrogen) atoms. The largest absolute Gasteiger partial charge is 0.436 e. The highest BCUT2D eigenvalue weighted by atomic mass is 35.5. The summed E-state index contributed by atoms with van der Waals surface area (Å²) in [5.41, 5.74) is 3.71. The van der Waals surface area contributed by atoms with Crippen LogP contribution >= 0.6 is 23.2 Å². The van der Waals surface area contributed by atoms with E-state index in [1.807, 2.05) is 25.1 Å². The minimum Gasteiger partial charge on any atom is -0.436 e. The lowest BCUT2D eigenvalue weighted by molar-refractivity contribution is -0.120. The van der Waals surface area contributed by atoms with Gasteiger partial charge in [0.05, 0.1) is 16.5 Å². The number of aromatic nitrogens is 1. The van der Waals surface area contributed by atoms with Gasteiger partial charge in [0.15, 0.2) is 5.58 Å². The van der Waals surface area contributed by atoms with Crippen LogP contribution in [0.15, 0.2) is 40.8 Å². The second-order valence-corrected chi connectivity index (χ2v) is 7.14. The van der Waals surface area contributed by atoms with E-state index in [0.717, 1.165) is 11.1 Å². The van der Waals surface area contributed by atoms with Crippen LogP contribution in [0.4, 0.5) is 5.69 Å². The molecular weight excluding hydrogens is 375 g/mol. The second kappa shape index (κ2) is 6.41. The highest BCUT2D eigenvalue weighted by Crippen LogP contribution is 2.35. The van der Waals surface area contributed by atoms with Crippen LogP contribution in [-0.4, -0.2) is 22.7 Å². The molecule has 1 amide bonds. The summed E-state index contributed by atoms with van der Waals surface area (Å²) >= 11 is 11.9. The number of aryl methyl sites for hydroxylation is 1. The van der Waals surface area contributed by atoms with Crippen LogP contribution in [0.1, 0.15) is 12.0 Å². The van der Waals surface area contributed by atoms with E-state index in [4.69, 9.17) is 27.6 Å². The first-order chi connectivity index (χ1) is 12.4. The highest BCUT2D eigenvalue weighted by Gasteiger charge is 2.34. The maximum absolute atomic E-state index is 12.2. The lowest BCUT2D eigenvalue weighted by Crippen LogP contribution is -2.25. The van der Waals surface area contributed by atoms with Gasteiger partial charge in [0.2, 0.25) is 17.0 Å². The summed E-state index contributed by atoms with van der Waals surface area (Å²) in [7, 11) is 0. The predicted octanol–water partition coefficient (Wildman–Crippen LogP) is 4.57. The number of amides is 1. The van der Waals surface area contributed by atoms with E-state index in [0.29, 0.717) is 27.7 Å². The van der Waals surface area contributed by atoms with Crippen molar-refractivity contribution < 1.29 is 14.0 Å². The smallest absolute Gasteiger partial charge is 0.228 e. The van der Waals surface area contributed by atoms with Crippen LogP contribution in [-0.2, 0) is 9.59 Å². The summed E-state index contributed by atoms with van der Waals surface area (Å²) in [6.45, 7) is 2.24. The van der Waals surface area contributed by atoms with Crippen LogP contribution < -0.4 is 4.90 Å². The minimum atomic E-state index is -0.496. The van der Waals surface area contributed by atoms with E-state index in [-0.39, 0.29) is 18.9 Å². The molecule has 2 heterocycles. The molecule has 0 N–H and O–H groups in total. The molecule has 1 saturated heterocycles. The second-order valence-electron chi connectivity index (χ2n) is 6.36. The van der Waals surface area contributed by atoms with E-state index in [1.54, 1.807) is 18.2 Å². The molecule has 3 aromatic rings. The molecule has 4 rings (SSSR count). The monoisotopic (exact) mass is 388 g/mol. The average molecular weight is 389 g/mol. The molecule has 1 aliphatic heterocycles. The highest BCUT2D eigenvalue weighted by molar-refractivity contribution is 6.64. The zero-order valence-electron chi connectivity index (χ0n) is 13.8. The number of fused-ring (bicyclic) bond motifs is 1. The lowest BCUT2D eigenvalue weighted by Gasteiger charge is -2.17. The van der Waals surface area contributed by atoms with Crippen molar-refractivity contribution in [2.24, 2.45) is 5.92 Å². The number of hydrogen-bond donors (Lipinski definition) is 0. The number of oxazole rings is 1. The van der Waals surface area contributed by atoms with Crippen molar-refractivity contribution in [3.63, 3.8) is 0 Å². The Kier molecular flexibility index (Phi) is 4.21. The minimum absolute atomic E-state index is 0.114. The molecule has 1 fully saturated rings. The van der Waals surface area contributed by atoms with Gasteiger partial charge < -0.3 is 9.32 Å². The molecule has 2 aromatic carbocycles. The maximum atomic E-state index is 12.2. The Balaban J connectivity index is 1.74. The van der Waals surface area contributed by atoms with Crippen LogP contribution in [0.25, 0.3) is 22.6 Å². The third-order valence-electron chi connectivity index (χ3n) is 4.48. The van der Waals surface area contributed by atoms with Gasteiger partial charge in [0, 0.05) is 18.7 Å². The molecule has 132 valence electrons. The van der Waals surface area contributed by atoms with Crippen LogP contribution in [0.5, 0.6) is 0 Å². The fraction of sp³-hybridized carbons (Fsp3) is 0.211. The number of halogens is 2. The van der Waals surface area contributed by atoms with Gasteiger partial charge in [-0.05, 0) is 54.4 Å². The first-order valence-electron chi connectivity index (χ1n) is 8.09. The number of carbonyl (C=O) groups is 2.